The average molecular weight is 287 g/mol. The molecule has 2 aliphatic rings. The van der Waals surface area contributed by atoms with Crippen molar-refractivity contribution < 1.29 is 4.74 Å². The van der Waals surface area contributed by atoms with E-state index < -0.39 is 0 Å². The van der Waals surface area contributed by atoms with Crippen molar-refractivity contribution in [3.8, 4) is 0 Å². The van der Waals surface area contributed by atoms with Gasteiger partial charge in [-0.05, 0) is 48.6 Å². The molecule has 2 saturated carbocycles. The van der Waals surface area contributed by atoms with Crippen LogP contribution in [0.15, 0.2) is 24.3 Å². The highest BCUT2D eigenvalue weighted by atomic mass is 16.5. The van der Waals surface area contributed by atoms with E-state index in [-0.39, 0.29) is 0 Å². The van der Waals surface area contributed by atoms with Crippen molar-refractivity contribution in [2.24, 2.45) is 5.92 Å². The lowest BCUT2D eigenvalue weighted by Gasteiger charge is -2.14. The van der Waals surface area contributed by atoms with Gasteiger partial charge < -0.3 is 10.1 Å². The smallest absolute Gasteiger partial charge is 0.0717 e. The minimum Gasteiger partial charge on any atom is -0.376 e. The van der Waals surface area contributed by atoms with Gasteiger partial charge >= 0.3 is 0 Å². The summed E-state index contributed by atoms with van der Waals surface area (Å²) in [5, 5.41) is 3.61. The van der Waals surface area contributed by atoms with E-state index in [0.29, 0.717) is 5.92 Å². The lowest BCUT2D eigenvalue weighted by atomic mass is 10.00. The Morgan fingerprint density at radius 2 is 1.81 bits per heavy atom. The molecule has 0 aromatic heterocycles. The van der Waals surface area contributed by atoms with Crippen LogP contribution in [0, 0.1) is 5.92 Å². The molecule has 0 aliphatic heterocycles. The molecule has 0 saturated heterocycles. The molecule has 0 heterocycles. The van der Waals surface area contributed by atoms with E-state index in [0.717, 1.165) is 31.7 Å². The number of hydrogen-bond donors (Lipinski definition) is 1. The predicted octanol–water partition coefficient (Wildman–Crippen LogP) is 4.25. The summed E-state index contributed by atoms with van der Waals surface area (Å²) < 4.78 is 5.88. The van der Waals surface area contributed by atoms with Crippen molar-refractivity contribution >= 4 is 0 Å². The summed E-state index contributed by atoms with van der Waals surface area (Å²) in [7, 11) is 0. The average Bonchev–Trinajstić information content (AvgIpc) is 3.20. The molecule has 1 unspecified atom stereocenters. The van der Waals surface area contributed by atoms with Gasteiger partial charge in [-0.25, -0.2) is 0 Å². The van der Waals surface area contributed by atoms with Gasteiger partial charge in [-0.3, -0.25) is 0 Å². The van der Waals surface area contributed by atoms with Gasteiger partial charge in [0.1, 0.15) is 0 Å². The van der Waals surface area contributed by atoms with Gasteiger partial charge in [-0.1, -0.05) is 44.0 Å². The van der Waals surface area contributed by atoms with Gasteiger partial charge in [-0.2, -0.15) is 0 Å². The molecule has 0 amide bonds. The van der Waals surface area contributed by atoms with Crippen molar-refractivity contribution in [3.05, 3.63) is 35.4 Å². The quantitative estimate of drug-likeness (QED) is 0.772. The normalized spacial score (nSPS) is 20.8. The number of nitrogens with one attached hydrogen (secondary N) is 1. The molecule has 1 atom stereocenters. The Labute approximate surface area is 129 Å². The standard InChI is InChI=1S/C19H29NO/c1-15(12-20-19-10-11-19)18-8-6-17(7-9-18)14-21-13-16-4-2-3-5-16/h6-9,15-16,19-20H,2-5,10-14H2,1H3. The monoisotopic (exact) mass is 287 g/mol. The highest BCUT2D eigenvalue weighted by Gasteiger charge is 2.21. The van der Waals surface area contributed by atoms with Crippen LogP contribution in [0.5, 0.6) is 0 Å². The maximum absolute atomic E-state index is 5.88. The topological polar surface area (TPSA) is 21.3 Å². The second-order valence-corrected chi connectivity index (χ2v) is 6.99. The number of ether oxygens (including phenoxy) is 1. The molecule has 2 nitrogen and oxygen atoms in total. The van der Waals surface area contributed by atoms with Gasteiger partial charge in [0.15, 0.2) is 0 Å². The Morgan fingerprint density at radius 3 is 2.48 bits per heavy atom. The molecular formula is C19H29NO. The molecule has 21 heavy (non-hydrogen) atoms. The second-order valence-electron chi connectivity index (χ2n) is 6.99. The zero-order valence-electron chi connectivity index (χ0n) is 13.3. The van der Waals surface area contributed by atoms with Crippen LogP contribution in [0.2, 0.25) is 0 Å². The van der Waals surface area contributed by atoms with Gasteiger partial charge in [0.05, 0.1) is 6.61 Å². The molecule has 1 aromatic rings. The Bertz CT molecular complexity index is 418. The molecule has 0 radical (unpaired) electrons. The van der Waals surface area contributed by atoms with Crippen LogP contribution in [0.1, 0.15) is 62.5 Å². The molecular weight excluding hydrogens is 258 g/mol. The summed E-state index contributed by atoms with van der Waals surface area (Å²) in [5.74, 6) is 1.41. The molecule has 2 fully saturated rings. The predicted molar refractivity (Wildman–Crippen MR) is 87.5 cm³/mol. The van der Waals surface area contributed by atoms with Crippen molar-refractivity contribution in [1.29, 1.82) is 0 Å². The second kappa shape index (κ2) is 7.42. The van der Waals surface area contributed by atoms with E-state index in [1.807, 2.05) is 0 Å². The minimum absolute atomic E-state index is 0.596. The Morgan fingerprint density at radius 1 is 1.10 bits per heavy atom. The first-order chi connectivity index (χ1) is 10.3. The first kappa shape index (κ1) is 15.1. The molecule has 3 rings (SSSR count). The third-order valence-electron chi connectivity index (χ3n) is 4.94. The van der Waals surface area contributed by atoms with Crippen molar-refractivity contribution in [1.82, 2.24) is 5.32 Å². The summed E-state index contributed by atoms with van der Waals surface area (Å²) in [5.41, 5.74) is 2.74. The number of hydrogen-bond acceptors (Lipinski definition) is 2. The van der Waals surface area contributed by atoms with Crippen LogP contribution in [0.25, 0.3) is 0 Å². The molecule has 1 N–H and O–H groups in total. The number of rotatable bonds is 8. The van der Waals surface area contributed by atoms with Gasteiger partial charge in [-0.15, -0.1) is 0 Å². The van der Waals surface area contributed by atoms with Gasteiger partial charge in [0.2, 0.25) is 0 Å². The minimum atomic E-state index is 0.596. The zero-order valence-corrected chi connectivity index (χ0v) is 13.3. The highest BCUT2D eigenvalue weighted by Crippen LogP contribution is 2.25. The summed E-state index contributed by atoms with van der Waals surface area (Å²) in [6.07, 6.45) is 8.26. The fraction of sp³-hybridized carbons (Fsp3) is 0.684. The molecule has 1 aromatic carbocycles. The Balaban J connectivity index is 1.39. The van der Waals surface area contributed by atoms with E-state index in [1.54, 1.807) is 0 Å². The summed E-state index contributed by atoms with van der Waals surface area (Å²) in [6.45, 7) is 5.12. The first-order valence-corrected chi connectivity index (χ1v) is 8.71. The van der Waals surface area contributed by atoms with Crippen molar-refractivity contribution in [2.45, 2.75) is 64.0 Å². The van der Waals surface area contributed by atoms with Crippen LogP contribution in [0.4, 0.5) is 0 Å². The van der Waals surface area contributed by atoms with E-state index >= 15 is 0 Å². The van der Waals surface area contributed by atoms with Crippen LogP contribution < -0.4 is 5.32 Å². The van der Waals surface area contributed by atoms with E-state index in [9.17, 15) is 0 Å². The Hall–Kier alpha value is -0.860. The molecule has 2 heteroatoms. The molecule has 0 bridgehead atoms. The first-order valence-electron chi connectivity index (χ1n) is 8.71. The highest BCUT2D eigenvalue weighted by molar-refractivity contribution is 5.25. The van der Waals surface area contributed by atoms with Crippen LogP contribution in [-0.2, 0) is 11.3 Å². The fourth-order valence-electron chi connectivity index (χ4n) is 3.21. The Kier molecular flexibility index (Phi) is 5.32. The third-order valence-corrected chi connectivity index (χ3v) is 4.94. The molecule has 2 aliphatic carbocycles. The van der Waals surface area contributed by atoms with E-state index in [2.05, 4.69) is 36.5 Å². The lowest BCUT2D eigenvalue weighted by Crippen LogP contribution is -2.22. The summed E-state index contributed by atoms with van der Waals surface area (Å²) >= 11 is 0. The maximum Gasteiger partial charge on any atom is 0.0717 e. The van der Waals surface area contributed by atoms with E-state index in [4.69, 9.17) is 4.74 Å². The van der Waals surface area contributed by atoms with E-state index in [1.165, 1.54) is 49.7 Å². The fourth-order valence-corrected chi connectivity index (χ4v) is 3.21. The molecule has 0 spiro atoms. The SMILES string of the molecule is CC(CNC1CC1)c1ccc(COCC2CCCC2)cc1. The third kappa shape index (κ3) is 4.82. The summed E-state index contributed by atoms with van der Waals surface area (Å²) in [6, 6.07) is 9.81. The van der Waals surface area contributed by atoms with Crippen molar-refractivity contribution in [3.63, 3.8) is 0 Å². The van der Waals surface area contributed by atoms with Gasteiger partial charge in [0.25, 0.3) is 0 Å². The number of benzene rings is 1. The van der Waals surface area contributed by atoms with Crippen LogP contribution in [0.3, 0.4) is 0 Å². The maximum atomic E-state index is 5.88. The lowest BCUT2D eigenvalue weighted by molar-refractivity contribution is 0.0889. The van der Waals surface area contributed by atoms with Gasteiger partial charge in [0, 0.05) is 19.2 Å². The molecule has 116 valence electrons. The van der Waals surface area contributed by atoms with Crippen LogP contribution >= 0.6 is 0 Å². The zero-order chi connectivity index (χ0) is 14.5. The van der Waals surface area contributed by atoms with Crippen LogP contribution in [-0.4, -0.2) is 19.2 Å². The van der Waals surface area contributed by atoms with Crippen molar-refractivity contribution in [2.75, 3.05) is 13.2 Å². The largest absolute Gasteiger partial charge is 0.376 e. The summed E-state index contributed by atoms with van der Waals surface area (Å²) in [4.78, 5) is 0.